The SMILES string of the molecule is Cn1c2ccncc2c2ccc(-c3ccc(O[C@H]4C[C@@H](OCCCOCCCOC5CN(c6ccc7c(c6)C(=O)N(C6CCC(=O)NC6=O)C7=O)C5)C4)nc3)cc21. The van der Waals surface area contributed by atoms with Gasteiger partial charge in [-0.25, -0.2) is 4.98 Å². The molecule has 0 spiro atoms. The molecule has 4 amide bonds. The Kier molecular flexibility index (Phi) is 10.2. The average Bonchev–Trinajstić information content (AvgIpc) is 3.61. The van der Waals surface area contributed by atoms with Gasteiger partial charge in [0.15, 0.2) is 0 Å². The first-order valence-electron chi connectivity index (χ1n) is 19.7. The minimum absolute atomic E-state index is 0.0736. The van der Waals surface area contributed by atoms with Crippen molar-refractivity contribution in [3.05, 3.63) is 84.3 Å². The van der Waals surface area contributed by atoms with E-state index in [0.29, 0.717) is 45.4 Å². The molecule has 5 aromatic rings. The highest BCUT2D eigenvalue weighted by molar-refractivity contribution is 6.23. The minimum Gasteiger partial charge on any atom is -0.474 e. The second-order valence-electron chi connectivity index (χ2n) is 15.2. The van der Waals surface area contributed by atoms with Gasteiger partial charge in [-0.15, -0.1) is 0 Å². The van der Waals surface area contributed by atoms with Gasteiger partial charge in [-0.05, 0) is 61.2 Å². The van der Waals surface area contributed by atoms with Gasteiger partial charge in [0.1, 0.15) is 12.1 Å². The first-order valence-corrected chi connectivity index (χ1v) is 19.7. The summed E-state index contributed by atoms with van der Waals surface area (Å²) in [5.74, 6) is -1.39. The second-order valence-corrected chi connectivity index (χ2v) is 15.2. The highest BCUT2D eigenvalue weighted by Gasteiger charge is 2.45. The molecular weight excluding hydrogens is 729 g/mol. The van der Waals surface area contributed by atoms with Crippen molar-refractivity contribution in [2.24, 2.45) is 7.05 Å². The lowest BCUT2D eigenvalue weighted by Gasteiger charge is -2.40. The lowest BCUT2D eigenvalue weighted by atomic mass is 9.92. The molecule has 1 N–H and O–H groups in total. The summed E-state index contributed by atoms with van der Waals surface area (Å²) in [5, 5.41) is 4.56. The van der Waals surface area contributed by atoms with Crippen LogP contribution in [0.2, 0.25) is 0 Å². The van der Waals surface area contributed by atoms with E-state index in [0.717, 1.165) is 63.8 Å². The van der Waals surface area contributed by atoms with E-state index in [1.54, 1.807) is 12.1 Å². The molecule has 0 bridgehead atoms. The summed E-state index contributed by atoms with van der Waals surface area (Å²) in [6, 6.07) is 16.7. The molecule has 2 aromatic carbocycles. The van der Waals surface area contributed by atoms with E-state index in [9.17, 15) is 19.2 Å². The summed E-state index contributed by atoms with van der Waals surface area (Å²) in [5.41, 5.74) is 5.85. The van der Waals surface area contributed by atoms with Gasteiger partial charge in [-0.2, -0.15) is 0 Å². The van der Waals surface area contributed by atoms with E-state index in [-0.39, 0.29) is 42.3 Å². The van der Waals surface area contributed by atoms with Gasteiger partial charge in [-0.1, -0.05) is 12.1 Å². The number of amides is 4. The number of pyridine rings is 2. The number of imide groups is 2. The number of nitrogens with zero attached hydrogens (tertiary/aromatic N) is 5. The van der Waals surface area contributed by atoms with Gasteiger partial charge in [0.2, 0.25) is 17.7 Å². The lowest BCUT2D eigenvalue weighted by molar-refractivity contribution is -0.136. The molecule has 9 rings (SSSR count). The third kappa shape index (κ3) is 7.36. The molecule has 3 aliphatic heterocycles. The van der Waals surface area contributed by atoms with Crippen molar-refractivity contribution in [1.29, 1.82) is 0 Å². The van der Waals surface area contributed by atoms with Gasteiger partial charge < -0.3 is 28.4 Å². The minimum atomic E-state index is -0.974. The van der Waals surface area contributed by atoms with Crippen molar-refractivity contribution in [3.8, 4) is 17.0 Å². The van der Waals surface area contributed by atoms with E-state index in [1.807, 2.05) is 36.8 Å². The van der Waals surface area contributed by atoms with Crippen LogP contribution in [0, 0.1) is 0 Å². The second kappa shape index (κ2) is 15.7. The van der Waals surface area contributed by atoms with Crippen LogP contribution in [0.1, 0.15) is 59.2 Å². The highest BCUT2D eigenvalue weighted by atomic mass is 16.5. The number of hydrogen-bond donors (Lipinski definition) is 1. The Hall–Kier alpha value is -5.70. The first-order chi connectivity index (χ1) is 27.8. The number of nitrogens with one attached hydrogen (secondary N) is 1. The third-order valence-corrected chi connectivity index (χ3v) is 11.4. The van der Waals surface area contributed by atoms with Crippen molar-refractivity contribution in [2.75, 3.05) is 44.4 Å². The Morgan fingerprint density at radius 2 is 1.53 bits per heavy atom. The fraction of sp³-hybridized carbons (Fsp3) is 0.395. The molecule has 57 heavy (non-hydrogen) atoms. The number of carbonyl (C=O) groups excluding carboxylic acids is 4. The van der Waals surface area contributed by atoms with Gasteiger partial charge in [-0.3, -0.25) is 34.4 Å². The molecule has 2 saturated heterocycles. The molecule has 1 saturated carbocycles. The first kappa shape index (κ1) is 36.9. The van der Waals surface area contributed by atoms with Crippen molar-refractivity contribution >= 4 is 51.1 Å². The molecule has 14 heteroatoms. The average molecular weight is 773 g/mol. The zero-order chi connectivity index (χ0) is 39.0. The summed E-state index contributed by atoms with van der Waals surface area (Å²) in [4.78, 5) is 61.9. The fourth-order valence-corrected chi connectivity index (χ4v) is 8.11. The Labute approximate surface area is 329 Å². The van der Waals surface area contributed by atoms with Gasteiger partial charge in [0.25, 0.3) is 11.8 Å². The molecule has 3 fully saturated rings. The molecule has 6 heterocycles. The smallest absolute Gasteiger partial charge is 0.262 e. The number of benzene rings is 2. The molecule has 1 atom stereocenters. The predicted molar refractivity (Wildman–Crippen MR) is 210 cm³/mol. The number of aryl methyl sites for hydroxylation is 1. The summed E-state index contributed by atoms with van der Waals surface area (Å²) in [6.45, 7) is 3.83. The monoisotopic (exact) mass is 772 g/mol. The van der Waals surface area contributed by atoms with Crippen LogP contribution in [0.15, 0.2) is 73.2 Å². The maximum absolute atomic E-state index is 13.1. The van der Waals surface area contributed by atoms with Crippen molar-refractivity contribution in [3.63, 3.8) is 0 Å². The Morgan fingerprint density at radius 1 is 0.754 bits per heavy atom. The van der Waals surface area contributed by atoms with Crippen molar-refractivity contribution in [1.82, 2.24) is 24.8 Å². The molecule has 294 valence electrons. The number of carbonyl (C=O) groups is 4. The van der Waals surface area contributed by atoms with Gasteiger partial charge in [0, 0.05) is 118 Å². The van der Waals surface area contributed by atoms with Crippen LogP contribution >= 0.6 is 0 Å². The van der Waals surface area contributed by atoms with E-state index in [4.69, 9.17) is 18.9 Å². The molecule has 3 aromatic heterocycles. The molecule has 0 radical (unpaired) electrons. The Morgan fingerprint density at radius 3 is 2.30 bits per heavy atom. The van der Waals surface area contributed by atoms with E-state index >= 15 is 0 Å². The topological polar surface area (TPSA) is 154 Å². The van der Waals surface area contributed by atoms with Crippen LogP contribution in [0.3, 0.4) is 0 Å². The number of hydrogen-bond acceptors (Lipinski definition) is 11. The number of piperidine rings is 1. The number of aromatic nitrogens is 3. The van der Waals surface area contributed by atoms with Crippen molar-refractivity contribution < 1.29 is 38.1 Å². The molecule has 14 nitrogen and oxygen atoms in total. The molecule has 1 aliphatic carbocycles. The van der Waals surface area contributed by atoms with E-state index < -0.39 is 29.7 Å². The van der Waals surface area contributed by atoms with Crippen LogP contribution in [-0.4, -0.2) is 107 Å². The quantitative estimate of drug-likeness (QED) is 0.115. The highest BCUT2D eigenvalue weighted by Crippen LogP contribution is 2.34. The van der Waals surface area contributed by atoms with Crippen LogP contribution < -0.4 is 15.0 Å². The number of anilines is 1. The maximum Gasteiger partial charge on any atom is 0.262 e. The van der Waals surface area contributed by atoms with E-state index in [2.05, 4.69) is 56.1 Å². The van der Waals surface area contributed by atoms with Crippen LogP contribution in [0.4, 0.5) is 5.69 Å². The summed E-state index contributed by atoms with van der Waals surface area (Å²) >= 11 is 0. The summed E-state index contributed by atoms with van der Waals surface area (Å²) in [6.07, 6.45) is 9.52. The fourth-order valence-electron chi connectivity index (χ4n) is 8.11. The standard InChI is InChI=1S/C43H44N6O8/c1-47-36-12-13-44-23-35(36)32-7-4-26(18-38(32)47)27-5-11-40(45-22-27)57-30-20-29(21-30)55-16-2-14-54-15-3-17-56-31-24-48(25-31)28-6-8-33-34(19-28)43(53)49(42(33)52)37-9-10-39(50)46-41(37)51/h4-8,11-13,18-19,22-23,29-31,37H,2-3,9-10,14-17,20-21,24-25H2,1H3,(H,46,50,51)/t29-,30+,37?. The zero-order valence-corrected chi connectivity index (χ0v) is 31.7. The lowest BCUT2D eigenvalue weighted by Crippen LogP contribution is -2.54. The van der Waals surface area contributed by atoms with Gasteiger partial charge >= 0.3 is 0 Å². The van der Waals surface area contributed by atoms with Crippen molar-refractivity contribution in [2.45, 2.75) is 62.9 Å². The largest absolute Gasteiger partial charge is 0.474 e. The Bertz CT molecular complexity index is 2350. The van der Waals surface area contributed by atoms with Crippen LogP contribution in [-0.2, 0) is 30.8 Å². The predicted octanol–water partition coefficient (Wildman–Crippen LogP) is 4.82. The van der Waals surface area contributed by atoms with Gasteiger partial charge in [0.05, 0.1) is 28.9 Å². The molecule has 4 aliphatic rings. The van der Waals surface area contributed by atoms with Crippen LogP contribution in [0.5, 0.6) is 5.88 Å². The molecule has 1 unspecified atom stereocenters. The number of ether oxygens (including phenoxy) is 4. The zero-order valence-electron chi connectivity index (χ0n) is 31.7. The Balaban J connectivity index is 0.618. The summed E-state index contributed by atoms with van der Waals surface area (Å²) in [7, 11) is 2.08. The number of fused-ring (bicyclic) bond motifs is 4. The number of rotatable bonds is 15. The third-order valence-electron chi connectivity index (χ3n) is 11.4. The van der Waals surface area contributed by atoms with E-state index in [1.165, 1.54) is 5.39 Å². The summed E-state index contributed by atoms with van der Waals surface area (Å²) < 4.78 is 26.1. The maximum atomic E-state index is 13.1. The normalized spacial score (nSPS) is 20.9. The van der Waals surface area contributed by atoms with Crippen LogP contribution in [0.25, 0.3) is 32.9 Å². The molecular formula is C43H44N6O8.